The molecule has 61 heavy (non-hydrogen) atoms. The number of hydrogen-bond acceptors (Lipinski definition) is 2. The van der Waals surface area contributed by atoms with Crippen molar-refractivity contribution >= 4 is 59.3 Å². The average Bonchev–Trinajstić information content (AvgIpc) is 3.86. The molecule has 0 bridgehead atoms. The Balaban J connectivity index is 1.14. The summed E-state index contributed by atoms with van der Waals surface area (Å²) in [6.07, 6.45) is 0. The second-order valence-electron chi connectivity index (χ2n) is 16.0. The van der Waals surface area contributed by atoms with Gasteiger partial charge in [-0.2, -0.15) is 0 Å². The van der Waals surface area contributed by atoms with Gasteiger partial charge in [0.1, 0.15) is 0 Å². The van der Waals surface area contributed by atoms with E-state index in [2.05, 4.69) is 241 Å². The van der Waals surface area contributed by atoms with Crippen molar-refractivity contribution in [2.75, 3.05) is 4.90 Å². The van der Waals surface area contributed by atoms with E-state index in [1.807, 2.05) is 11.3 Å². The van der Waals surface area contributed by atoms with Gasteiger partial charge < -0.3 is 4.90 Å². The Bertz CT molecular complexity index is 3390. The van der Waals surface area contributed by atoms with Crippen LogP contribution in [0, 0.1) is 0 Å². The van der Waals surface area contributed by atoms with Crippen molar-refractivity contribution in [3.63, 3.8) is 0 Å². The Hall–Kier alpha value is -7.52. The SMILES string of the molecule is c1ccc(C2(c3ccccc3)c3ccccc3-c3ccc(N(c4cccc(-c5cccc6sc7ccccc7c56)c4)c4ccccc4-c4cccc5ccccc45)cc32)cc1. The second kappa shape index (κ2) is 14.3. The summed E-state index contributed by atoms with van der Waals surface area (Å²) in [5.74, 6) is 0. The summed E-state index contributed by atoms with van der Waals surface area (Å²) in [6.45, 7) is 0. The van der Waals surface area contributed by atoms with Crippen molar-refractivity contribution in [2.24, 2.45) is 0 Å². The Morgan fingerprint density at radius 3 is 1.75 bits per heavy atom. The molecule has 0 amide bonds. The topological polar surface area (TPSA) is 3.24 Å². The molecular weight excluding hydrogens is 755 g/mol. The molecule has 0 atom stereocenters. The zero-order valence-corrected chi connectivity index (χ0v) is 34.2. The number of fused-ring (bicyclic) bond motifs is 7. The van der Waals surface area contributed by atoms with Gasteiger partial charge in [0.25, 0.3) is 0 Å². The minimum absolute atomic E-state index is 0.525. The molecule has 286 valence electrons. The molecule has 2 heteroatoms. The molecule has 0 fully saturated rings. The molecule has 1 heterocycles. The Kier molecular flexibility index (Phi) is 8.33. The van der Waals surface area contributed by atoms with Crippen LogP contribution < -0.4 is 4.90 Å². The lowest BCUT2D eigenvalue weighted by Crippen LogP contribution is -2.28. The van der Waals surface area contributed by atoms with Crippen LogP contribution in [0.3, 0.4) is 0 Å². The fraction of sp³-hybridized carbons (Fsp3) is 0.0169. The maximum atomic E-state index is 2.50. The maximum absolute atomic E-state index is 2.50. The van der Waals surface area contributed by atoms with E-state index in [1.165, 1.54) is 86.6 Å². The first-order valence-electron chi connectivity index (χ1n) is 21.0. The Morgan fingerprint density at radius 2 is 0.918 bits per heavy atom. The summed E-state index contributed by atoms with van der Waals surface area (Å²) in [4.78, 5) is 2.50. The average molecular weight is 794 g/mol. The Morgan fingerprint density at radius 1 is 0.344 bits per heavy atom. The summed E-state index contributed by atoms with van der Waals surface area (Å²) in [5.41, 5.74) is 15.3. The van der Waals surface area contributed by atoms with Crippen LogP contribution in [-0.2, 0) is 5.41 Å². The number of rotatable bonds is 7. The fourth-order valence-corrected chi connectivity index (χ4v) is 11.3. The lowest BCUT2D eigenvalue weighted by molar-refractivity contribution is 0.768. The molecule has 0 spiro atoms. The summed E-state index contributed by atoms with van der Waals surface area (Å²) in [7, 11) is 0. The zero-order chi connectivity index (χ0) is 40.3. The number of para-hydroxylation sites is 1. The van der Waals surface area contributed by atoms with Gasteiger partial charge >= 0.3 is 0 Å². The molecule has 1 aliphatic rings. The van der Waals surface area contributed by atoms with Crippen LogP contribution in [0.1, 0.15) is 22.3 Å². The molecule has 0 aliphatic heterocycles. The highest BCUT2D eigenvalue weighted by atomic mass is 32.1. The minimum atomic E-state index is -0.525. The van der Waals surface area contributed by atoms with Crippen LogP contribution in [0.4, 0.5) is 17.1 Å². The summed E-state index contributed by atoms with van der Waals surface area (Å²) in [6, 6.07) is 87.4. The molecule has 0 saturated heterocycles. The number of hydrogen-bond donors (Lipinski definition) is 0. The smallest absolute Gasteiger partial charge is 0.0714 e. The van der Waals surface area contributed by atoms with Crippen molar-refractivity contribution < 1.29 is 0 Å². The third-order valence-electron chi connectivity index (χ3n) is 12.7. The zero-order valence-electron chi connectivity index (χ0n) is 33.4. The summed E-state index contributed by atoms with van der Waals surface area (Å²) < 4.78 is 2.62. The van der Waals surface area contributed by atoms with E-state index < -0.39 is 5.41 Å². The van der Waals surface area contributed by atoms with Gasteiger partial charge in [-0.1, -0.05) is 194 Å². The largest absolute Gasteiger partial charge is 0.310 e. The molecule has 11 aromatic rings. The van der Waals surface area contributed by atoms with Gasteiger partial charge in [0.05, 0.1) is 11.1 Å². The first kappa shape index (κ1) is 35.4. The van der Waals surface area contributed by atoms with E-state index in [4.69, 9.17) is 0 Å². The van der Waals surface area contributed by atoms with Crippen LogP contribution >= 0.6 is 11.3 Å². The molecule has 0 unspecified atom stereocenters. The predicted octanol–water partition coefficient (Wildman–Crippen LogP) is 16.4. The predicted molar refractivity (Wildman–Crippen MR) is 260 cm³/mol. The van der Waals surface area contributed by atoms with Crippen LogP contribution in [0.2, 0.25) is 0 Å². The third kappa shape index (κ3) is 5.53. The second-order valence-corrected chi connectivity index (χ2v) is 17.0. The van der Waals surface area contributed by atoms with Gasteiger partial charge in [-0.05, 0) is 103 Å². The first-order valence-corrected chi connectivity index (χ1v) is 21.8. The minimum Gasteiger partial charge on any atom is -0.310 e. The normalized spacial score (nSPS) is 12.7. The Labute approximate surface area is 360 Å². The van der Waals surface area contributed by atoms with E-state index in [9.17, 15) is 0 Å². The highest BCUT2D eigenvalue weighted by Crippen LogP contribution is 2.57. The highest BCUT2D eigenvalue weighted by molar-refractivity contribution is 7.25. The number of benzene rings is 10. The van der Waals surface area contributed by atoms with E-state index in [1.54, 1.807) is 0 Å². The van der Waals surface area contributed by atoms with Gasteiger partial charge in [0, 0.05) is 37.1 Å². The van der Waals surface area contributed by atoms with Gasteiger partial charge in [0.15, 0.2) is 0 Å². The van der Waals surface area contributed by atoms with E-state index >= 15 is 0 Å². The molecule has 10 aromatic carbocycles. The first-order chi connectivity index (χ1) is 30.3. The van der Waals surface area contributed by atoms with Gasteiger partial charge in [-0.3, -0.25) is 0 Å². The summed E-state index contributed by atoms with van der Waals surface area (Å²) >= 11 is 1.87. The van der Waals surface area contributed by atoms with E-state index in [-0.39, 0.29) is 0 Å². The lowest BCUT2D eigenvalue weighted by atomic mass is 9.67. The maximum Gasteiger partial charge on any atom is 0.0714 e. The molecule has 0 saturated carbocycles. The molecule has 0 radical (unpaired) electrons. The van der Waals surface area contributed by atoms with Crippen molar-refractivity contribution in [3.05, 3.63) is 259 Å². The standard InChI is InChI=1S/C59H39NS/c1-3-21-42(22-4-1)59(43-23-5-2-6-24-43)53-32-12-9-27-49(53)50-37-36-45(39-54(50)59)60(55-33-13-10-28-51(55)48-31-16-19-40-18-7-8-26-46(40)48)44-25-15-20-41(38-44)47-30-17-35-57-58(47)52-29-11-14-34-56(52)61-57/h1-39H. The molecule has 1 nitrogen and oxygen atoms in total. The lowest BCUT2D eigenvalue weighted by Gasteiger charge is -2.35. The monoisotopic (exact) mass is 793 g/mol. The van der Waals surface area contributed by atoms with Crippen LogP contribution in [-0.4, -0.2) is 0 Å². The number of thiophene rings is 1. The number of nitrogens with zero attached hydrogens (tertiary/aromatic N) is 1. The van der Waals surface area contributed by atoms with Crippen molar-refractivity contribution in [1.82, 2.24) is 0 Å². The molecular formula is C59H39NS. The van der Waals surface area contributed by atoms with E-state index in [0.717, 1.165) is 17.1 Å². The van der Waals surface area contributed by atoms with Crippen LogP contribution in [0.15, 0.2) is 237 Å². The van der Waals surface area contributed by atoms with Crippen molar-refractivity contribution in [2.45, 2.75) is 5.41 Å². The molecule has 12 rings (SSSR count). The van der Waals surface area contributed by atoms with Crippen LogP contribution in [0.5, 0.6) is 0 Å². The van der Waals surface area contributed by atoms with Crippen LogP contribution in [0.25, 0.3) is 64.3 Å². The third-order valence-corrected chi connectivity index (χ3v) is 13.9. The van der Waals surface area contributed by atoms with Gasteiger partial charge in [-0.15, -0.1) is 11.3 Å². The number of anilines is 3. The quantitative estimate of drug-likeness (QED) is 0.155. The molecule has 1 aliphatic carbocycles. The van der Waals surface area contributed by atoms with E-state index in [0.29, 0.717) is 0 Å². The fourth-order valence-electron chi connectivity index (χ4n) is 10.2. The molecule has 1 aromatic heterocycles. The summed E-state index contributed by atoms with van der Waals surface area (Å²) in [5, 5.41) is 5.08. The van der Waals surface area contributed by atoms with Gasteiger partial charge in [0.2, 0.25) is 0 Å². The van der Waals surface area contributed by atoms with Crippen molar-refractivity contribution in [1.29, 1.82) is 0 Å². The highest BCUT2D eigenvalue weighted by Gasteiger charge is 2.46. The van der Waals surface area contributed by atoms with Crippen molar-refractivity contribution in [3.8, 4) is 33.4 Å². The van der Waals surface area contributed by atoms with Gasteiger partial charge in [-0.25, -0.2) is 0 Å². The molecule has 0 N–H and O–H groups in total.